The van der Waals surface area contributed by atoms with E-state index in [1.165, 1.54) is 39.9 Å². The monoisotopic (exact) mass is 343 g/mol. The second kappa shape index (κ2) is 5.87. The first-order chi connectivity index (χ1) is 8.79. The molecule has 1 aliphatic carbocycles. The zero-order chi connectivity index (χ0) is 14.2. The number of rotatable bonds is 2. The summed E-state index contributed by atoms with van der Waals surface area (Å²) in [5.74, 6) is 1.54. The standard InChI is InChI=1S/C16H26BrNS/c1-10-9-13(19-15(10)17)14(18)11-5-7-12(8-6-11)16(2,3)4/h9,11-12,14H,5-8,18H2,1-4H3. The molecule has 2 N–H and O–H groups in total. The van der Waals surface area contributed by atoms with Gasteiger partial charge in [0, 0.05) is 10.9 Å². The average Bonchev–Trinajstić information content (AvgIpc) is 2.68. The van der Waals surface area contributed by atoms with Gasteiger partial charge in [0.15, 0.2) is 0 Å². The third-order valence-electron chi connectivity index (χ3n) is 4.71. The highest BCUT2D eigenvalue weighted by Crippen LogP contribution is 2.44. The Morgan fingerprint density at radius 1 is 1.26 bits per heavy atom. The van der Waals surface area contributed by atoms with Gasteiger partial charge in [0.05, 0.1) is 3.79 Å². The van der Waals surface area contributed by atoms with Gasteiger partial charge < -0.3 is 5.73 Å². The second-order valence-electron chi connectivity index (χ2n) is 7.11. The Labute approximate surface area is 130 Å². The molecule has 1 nitrogen and oxygen atoms in total. The van der Waals surface area contributed by atoms with Gasteiger partial charge in [0.2, 0.25) is 0 Å². The molecule has 0 saturated heterocycles. The fourth-order valence-corrected chi connectivity index (χ4v) is 4.89. The minimum Gasteiger partial charge on any atom is -0.323 e. The number of aryl methyl sites for hydroxylation is 1. The highest BCUT2D eigenvalue weighted by Gasteiger charge is 2.32. The van der Waals surface area contributed by atoms with Crippen molar-refractivity contribution in [1.29, 1.82) is 0 Å². The maximum Gasteiger partial charge on any atom is 0.0731 e. The van der Waals surface area contributed by atoms with Crippen molar-refractivity contribution in [3.8, 4) is 0 Å². The number of hydrogen-bond donors (Lipinski definition) is 1. The lowest BCUT2D eigenvalue weighted by atomic mass is 9.68. The van der Waals surface area contributed by atoms with E-state index in [4.69, 9.17) is 5.73 Å². The molecule has 1 saturated carbocycles. The summed E-state index contributed by atoms with van der Waals surface area (Å²) in [6.07, 6.45) is 5.26. The summed E-state index contributed by atoms with van der Waals surface area (Å²) >= 11 is 5.42. The summed E-state index contributed by atoms with van der Waals surface area (Å²) in [7, 11) is 0. The van der Waals surface area contributed by atoms with Crippen LogP contribution in [0.4, 0.5) is 0 Å². The van der Waals surface area contributed by atoms with Crippen molar-refractivity contribution in [2.75, 3.05) is 0 Å². The fraction of sp³-hybridized carbons (Fsp3) is 0.750. The van der Waals surface area contributed by atoms with Gasteiger partial charge in [-0.3, -0.25) is 0 Å². The summed E-state index contributed by atoms with van der Waals surface area (Å²) in [6, 6.07) is 2.49. The van der Waals surface area contributed by atoms with Gasteiger partial charge in [-0.2, -0.15) is 0 Å². The van der Waals surface area contributed by atoms with E-state index in [9.17, 15) is 0 Å². The molecule has 1 aromatic rings. The van der Waals surface area contributed by atoms with Crippen LogP contribution in [0.1, 0.15) is 62.9 Å². The van der Waals surface area contributed by atoms with Gasteiger partial charge in [0.1, 0.15) is 0 Å². The zero-order valence-electron chi connectivity index (χ0n) is 12.5. The maximum atomic E-state index is 6.50. The number of nitrogens with two attached hydrogens (primary N) is 1. The SMILES string of the molecule is Cc1cc(C(N)C2CCC(C(C)(C)C)CC2)sc1Br. The molecular formula is C16H26BrNS. The van der Waals surface area contributed by atoms with Crippen LogP contribution in [0, 0.1) is 24.2 Å². The largest absolute Gasteiger partial charge is 0.323 e. The van der Waals surface area contributed by atoms with E-state index in [1.807, 2.05) is 11.3 Å². The minimum atomic E-state index is 0.232. The average molecular weight is 344 g/mol. The number of thiophene rings is 1. The van der Waals surface area contributed by atoms with E-state index in [-0.39, 0.29) is 6.04 Å². The topological polar surface area (TPSA) is 26.0 Å². The van der Waals surface area contributed by atoms with E-state index >= 15 is 0 Å². The Kier molecular flexibility index (Phi) is 4.79. The third kappa shape index (κ3) is 3.62. The molecule has 1 aliphatic rings. The predicted octanol–water partition coefficient (Wildman–Crippen LogP) is 5.67. The van der Waals surface area contributed by atoms with E-state index in [1.54, 1.807) is 0 Å². The van der Waals surface area contributed by atoms with Crippen LogP contribution in [0.3, 0.4) is 0 Å². The summed E-state index contributed by atoms with van der Waals surface area (Å²) in [5.41, 5.74) is 8.27. The first kappa shape index (κ1) is 15.5. The molecule has 0 aromatic carbocycles. The molecule has 1 fully saturated rings. The molecule has 3 heteroatoms. The van der Waals surface area contributed by atoms with Gasteiger partial charge in [-0.15, -0.1) is 11.3 Å². The van der Waals surface area contributed by atoms with Crippen LogP contribution in [-0.4, -0.2) is 0 Å². The Hall–Kier alpha value is 0.140. The van der Waals surface area contributed by atoms with Gasteiger partial charge in [-0.05, 0) is 77.4 Å². The van der Waals surface area contributed by atoms with Crippen LogP contribution in [0.2, 0.25) is 0 Å². The van der Waals surface area contributed by atoms with E-state index < -0.39 is 0 Å². The first-order valence-electron chi connectivity index (χ1n) is 7.30. The molecule has 1 atom stereocenters. The summed E-state index contributed by atoms with van der Waals surface area (Å²) in [4.78, 5) is 1.35. The van der Waals surface area contributed by atoms with Crippen molar-refractivity contribution in [3.05, 3.63) is 20.3 Å². The second-order valence-corrected chi connectivity index (χ2v) is 9.51. The van der Waals surface area contributed by atoms with Crippen LogP contribution in [-0.2, 0) is 0 Å². The molecule has 0 radical (unpaired) electrons. The van der Waals surface area contributed by atoms with Crippen LogP contribution in [0.15, 0.2) is 9.85 Å². The van der Waals surface area contributed by atoms with E-state index in [2.05, 4.69) is 49.7 Å². The van der Waals surface area contributed by atoms with Crippen molar-refractivity contribution < 1.29 is 0 Å². The van der Waals surface area contributed by atoms with E-state index in [0.29, 0.717) is 11.3 Å². The van der Waals surface area contributed by atoms with E-state index in [0.717, 1.165) is 5.92 Å². The maximum absolute atomic E-state index is 6.50. The molecule has 0 aliphatic heterocycles. The van der Waals surface area contributed by atoms with Crippen LogP contribution in [0.25, 0.3) is 0 Å². The fourth-order valence-electron chi connectivity index (χ4n) is 3.22. The molecular weight excluding hydrogens is 318 g/mol. The smallest absolute Gasteiger partial charge is 0.0731 e. The van der Waals surface area contributed by atoms with Crippen molar-refractivity contribution in [3.63, 3.8) is 0 Å². The molecule has 108 valence electrons. The predicted molar refractivity (Wildman–Crippen MR) is 88.6 cm³/mol. The van der Waals surface area contributed by atoms with Gasteiger partial charge in [0.25, 0.3) is 0 Å². The summed E-state index contributed by atoms with van der Waals surface area (Å²) in [6.45, 7) is 9.26. The number of hydrogen-bond acceptors (Lipinski definition) is 2. The zero-order valence-corrected chi connectivity index (χ0v) is 14.9. The molecule has 0 spiro atoms. The molecule has 1 unspecified atom stereocenters. The molecule has 1 heterocycles. The van der Waals surface area contributed by atoms with Crippen molar-refractivity contribution in [1.82, 2.24) is 0 Å². The molecule has 0 amide bonds. The Morgan fingerprint density at radius 3 is 2.26 bits per heavy atom. The van der Waals surface area contributed by atoms with Crippen LogP contribution in [0.5, 0.6) is 0 Å². The lowest BCUT2D eigenvalue weighted by Crippen LogP contribution is -2.30. The number of halogens is 1. The summed E-state index contributed by atoms with van der Waals surface area (Å²) < 4.78 is 1.24. The minimum absolute atomic E-state index is 0.232. The third-order valence-corrected chi connectivity index (χ3v) is 6.95. The highest BCUT2D eigenvalue weighted by atomic mass is 79.9. The molecule has 0 bridgehead atoms. The first-order valence-corrected chi connectivity index (χ1v) is 8.91. The summed E-state index contributed by atoms with van der Waals surface area (Å²) in [5, 5.41) is 0. The quantitative estimate of drug-likeness (QED) is 0.735. The lowest BCUT2D eigenvalue weighted by molar-refractivity contribution is 0.140. The highest BCUT2D eigenvalue weighted by molar-refractivity contribution is 9.11. The van der Waals surface area contributed by atoms with Gasteiger partial charge >= 0.3 is 0 Å². The van der Waals surface area contributed by atoms with Crippen LogP contribution >= 0.6 is 27.3 Å². The molecule has 2 rings (SSSR count). The molecule has 19 heavy (non-hydrogen) atoms. The lowest BCUT2D eigenvalue weighted by Gasteiger charge is -2.38. The van der Waals surface area contributed by atoms with Crippen molar-refractivity contribution >= 4 is 27.3 Å². The molecule has 1 aromatic heterocycles. The van der Waals surface area contributed by atoms with Crippen molar-refractivity contribution in [2.45, 2.75) is 59.4 Å². The normalized spacial score (nSPS) is 26.4. The van der Waals surface area contributed by atoms with Gasteiger partial charge in [-0.25, -0.2) is 0 Å². The van der Waals surface area contributed by atoms with Crippen LogP contribution < -0.4 is 5.73 Å². The Balaban J connectivity index is 1.98. The Bertz CT molecular complexity index is 405. The van der Waals surface area contributed by atoms with Gasteiger partial charge in [-0.1, -0.05) is 20.8 Å². The van der Waals surface area contributed by atoms with Crippen molar-refractivity contribution in [2.24, 2.45) is 23.0 Å². The Morgan fingerprint density at radius 2 is 1.84 bits per heavy atom.